The molecule has 0 radical (unpaired) electrons. The Labute approximate surface area is 183 Å². The van der Waals surface area contributed by atoms with Crippen LogP contribution in [0.3, 0.4) is 0 Å². The molecule has 164 valence electrons. The van der Waals surface area contributed by atoms with E-state index in [2.05, 4.69) is 26.1 Å². The average Bonchev–Trinajstić information content (AvgIpc) is 3.37. The number of nitrogens with one attached hydrogen (secondary N) is 3. The van der Waals surface area contributed by atoms with Crippen LogP contribution >= 0.6 is 0 Å². The minimum atomic E-state index is -1.20. The van der Waals surface area contributed by atoms with Crippen LogP contribution < -0.4 is 20.7 Å². The monoisotopic (exact) mass is 435 g/mol. The molecule has 3 aromatic rings. The van der Waals surface area contributed by atoms with Crippen LogP contribution in [-0.2, 0) is 21.5 Å². The van der Waals surface area contributed by atoms with Gasteiger partial charge in [0.15, 0.2) is 0 Å². The fourth-order valence-electron chi connectivity index (χ4n) is 3.31. The second kappa shape index (κ2) is 8.50. The molecule has 0 aliphatic carbocycles. The summed E-state index contributed by atoms with van der Waals surface area (Å²) in [6, 6.07) is 13.4. The smallest absolute Gasteiger partial charge is 0.322 e. The molecule has 1 aliphatic rings. The summed E-state index contributed by atoms with van der Waals surface area (Å²) < 4.78 is 10.4. The van der Waals surface area contributed by atoms with Crippen molar-refractivity contribution >= 4 is 23.5 Å². The third-order valence-corrected chi connectivity index (χ3v) is 5.15. The fourth-order valence-corrected chi connectivity index (χ4v) is 3.31. The summed E-state index contributed by atoms with van der Waals surface area (Å²) in [5.41, 5.74) is 0.643. The number of amides is 4. The van der Waals surface area contributed by atoms with Crippen LogP contribution in [0.4, 0.5) is 10.5 Å². The first-order valence-electron chi connectivity index (χ1n) is 9.88. The number of carbonyl (C=O) groups is 3. The molecular weight excluding hydrogens is 414 g/mol. The number of aryl methyl sites for hydroxylation is 1. The number of methoxy groups -OCH3 is 1. The maximum atomic E-state index is 12.4. The number of urea groups is 1. The highest BCUT2D eigenvalue weighted by molar-refractivity contribution is 6.07. The molecular formula is C22H21N5O5. The van der Waals surface area contributed by atoms with Gasteiger partial charge in [-0.15, -0.1) is 0 Å². The molecule has 0 spiro atoms. The van der Waals surface area contributed by atoms with Gasteiger partial charge in [0.25, 0.3) is 5.91 Å². The van der Waals surface area contributed by atoms with Crippen molar-refractivity contribution in [3.63, 3.8) is 0 Å². The summed E-state index contributed by atoms with van der Waals surface area (Å²) in [5.74, 6) is 0.799. The van der Waals surface area contributed by atoms with Gasteiger partial charge in [-0.2, -0.15) is 4.98 Å². The molecule has 3 N–H and O–H groups in total. The highest BCUT2D eigenvalue weighted by Gasteiger charge is 2.43. The normalized spacial score (nSPS) is 17.6. The van der Waals surface area contributed by atoms with Crippen LogP contribution in [0.15, 0.2) is 53.1 Å². The number of aromatic nitrogens is 2. The molecule has 2 aromatic carbocycles. The third kappa shape index (κ3) is 4.29. The molecule has 1 atom stereocenters. The van der Waals surface area contributed by atoms with Gasteiger partial charge < -0.3 is 19.9 Å². The van der Waals surface area contributed by atoms with Gasteiger partial charge in [0.2, 0.25) is 17.6 Å². The molecule has 32 heavy (non-hydrogen) atoms. The summed E-state index contributed by atoms with van der Waals surface area (Å²) in [4.78, 5) is 40.4. The number of ether oxygens (including phenoxy) is 1. The Hall–Kier alpha value is -4.21. The van der Waals surface area contributed by atoms with Gasteiger partial charge in [0.1, 0.15) is 11.3 Å². The molecule has 1 fully saturated rings. The van der Waals surface area contributed by atoms with Crippen LogP contribution in [0, 0.1) is 0 Å². The Morgan fingerprint density at radius 1 is 1.19 bits per heavy atom. The van der Waals surface area contributed by atoms with Gasteiger partial charge in [-0.05, 0) is 48.9 Å². The van der Waals surface area contributed by atoms with E-state index in [1.807, 2.05) is 12.1 Å². The Morgan fingerprint density at radius 3 is 2.66 bits per heavy atom. The third-order valence-electron chi connectivity index (χ3n) is 5.15. The Bertz CT molecular complexity index is 1170. The van der Waals surface area contributed by atoms with Gasteiger partial charge in [0.05, 0.1) is 7.11 Å². The lowest BCUT2D eigenvalue weighted by atomic mass is 9.92. The predicted octanol–water partition coefficient (Wildman–Crippen LogP) is 2.37. The van der Waals surface area contributed by atoms with Crippen molar-refractivity contribution in [2.75, 3.05) is 12.4 Å². The molecule has 0 unspecified atom stereocenters. The number of nitrogens with zero attached hydrogens (tertiary/aromatic N) is 2. The second-order valence-electron chi connectivity index (χ2n) is 7.40. The van der Waals surface area contributed by atoms with E-state index in [4.69, 9.17) is 9.26 Å². The lowest BCUT2D eigenvalue weighted by Crippen LogP contribution is -2.40. The van der Waals surface area contributed by atoms with Crippen LogP contribution in [0.1, 0.15) is 24.8 Å². The van der Waals surface area contributed by atoms with Gasteiger partial charge in [0, 0.05) is 24.1 Å². The topological polar surface area (TPSA) is 135 Å². The van der Waals surface area contributed by atoms with Crippen molar-refractivity contribution in [3.05, 3.63) is 60.0 Å². The van der Waals surface area contributed by atoms with Gasteiger partial charge >= 0.3 is 6.03 Å². The van der Waals surface area contributed by atoms with Crippen molar-refractivity contribution in [3.8, 4) is 17.1 Å². The van der Waals surface area contributed by atoms with Crippen molar-refractivity contribution in [1.29, 1.82) is 0 Å². The Kier molecular flexibility index (Phi) is 5.59. The minimum Gasteiger partial charge on any atom is -0.497 e. The number of benzene rings is 2. The number of hydrogen-bond acceptors (Lipinski definition) is 7. The van der Waals surface area contributed by atoms with Crippen molar-refractivity contribution in [2.45, 2.75) is 25.3 Å². The highest BCUT2D eigenvalue weighted by atomic mass is 16.5. The summed E-state index contributed by atoms with van der Waals surface area (Å²) >= 11 is 0. The molecule has 4 amide bonds. The summed E-state index contributed by atoms with van der Waals surface area (Å²) in [7, 11) is 1.59. The zero-order valence-electron chi connectivity index (χ0n) is 17.5. The quantitative estimate of drug-likeness (QED) is 0.485. The Morgan fingerprint density at radius 2 is 1.97 bits per heavy atom. The molecule has 4 rings (SSSR count). The first kappa shape index (κ1) is 21.0. The lowest BCUT2D eigenvalue weighted by molar-refractivity contribution is -0.123. The van der Waals surface area contributed by atoms with E-state index in [0.29, 0.717) is 23.0 Å². The van der Waals surface area contributed by atoms with Crippen LogP contribution in [0.25, 0.3) is 11.4 Å². The summed E-state index contributed by atoms with van der Waals surface area (Å²) in [6.07, 6.45) is 0.397. The van der Waals surface area contributed by atoms with Gasteiger partial charge in [-0.25, -0.2) is 4.79 Å². The van der Waals surface area contributed by atoms with Crippen LogP contribution in [-0.4, -0.2) is 35.1 Å². The van der Waals surface area contributed by atoms with E-state index in [1.165, 1.54) is 0 Å². The van der Waals surface area contributed by atoms with Crippen molar-refractivity contribution in [2.24, 2.45) is 0 Å². The molecule has 10 heteroatoms. The number of hydrogen-bond donors (Lipinski definition) is 3. The number of rotatable bonds is 7. The molecule has 1 aromatic heterocycles. The molecule has 1 aliphatic heterocycles. The van der Waals surface area contributed by atoms with E-state index >= 15 is 0 Å². The number of imide groups is 1. The number of carbonyl (C=O) groups excluding carboxylic acids is 3. The Balaban J connectivity index is 1.36. The summed E-state index contributed by atoms with van der Waals surface area (Å²) in [6.45, 7) is 1.60. The molecule has 2 heterocycles. The predicted molar refractivity (Wildman–Crippen MR) is 114 cm³/mol. The molecule has 0 bridgehead atoms. The van der Waals surface area contributed by atoms with E-state index in [0.717, 1.165) is 11.3 Å². The standard InChI is InChI=1S/C22H21N5O5/c1-22(20(29)25-21(30)26-22)14-4-3-5-15(12-14)23-17(28)10-11-18-24-19(27-32-18)13-6-8-16(31-2)9-7-13/h3-9,12H,10-11H2,1-2H3,(H,23,28)(H2,25,26,29,30)/t22-/m0/s1. The largest absolute Gasteiger partial charge is 0.497 e. The number of anilines is 1. The molecule has 1 saturated heterocycles. The molecule has 10 nitrogen and oxygen atoms in total. The van der Waals surface area contributed by atoms with Crippen LogP contribution in [0.2, 0.25) is 0 Å². The average molecular weight is 435 g/mol. The van der Waals surface area contributed by atoms with Crippen molar-refractivity contribution < 1.29 is 23.6 Å². The van der Waals surface area contributed by atoms with E-state index in [9.17, 15) is 14.4 Å². The maximum absolute atomic E-state index is 12.4. The first-order valence-corrected chi connectivity index (χ1v) is 9.88. The van der Waals surface area contributed by atoms with Gasteiger partial charge in [-0.1, -0.05) is 17.3 Å². The SMILES string of the molecule is COc1ccc(-c2noc(CCC(=O)Nc3cccc([C@]4(C)NC(=O)NC4=O)c3)n2)cc1. The van der Waals surface area contributed by atoms with Crippen LogP contribution in [0.5, 0.6) is 5.75 Å². The zero-order valence-corrected chi connectivity index (χ0v) is 17.5. The van der Waals surface area contributed by atoms with E-state index in [-0.39, 0.29) is 18.7 Å². The van der Waals surface area contributed by atoms with E-state index in [1.54, 1.807) is 50.4 Å². The van der Waals surface area contributed by atoms with Gasteiger partial charge in [-0.3, -0.25) is 14.9 Å². The minimum absolute atomic E-state index is 0.128. The van der Waals surface area contributed by atoms with E-state index < -0.39 is 17.5 Å². The highest BCUT2D eigenvalue weighted by Crippen LogP contribution is 2.26. The summed E-state index contributed by atoms with van der Waals surface area (Å²) in [5, 5.41) is 11.5. The van der Waals surface area contributed by atoms with Crippen molar-refractivity contribution in [1.82, 2.24) is 20.8 Å². The lowest BCUT2D eigenvalue weighted by Gasteiger charge is -2.21. The second-order valence-corrected chi connectivity index (χ2v) is 7.40. The first-order chi connectivity index (χ1) is 15.4. The maximum Gasteiger partial charge on any atom is 0.322 e. The fraction of sp³-hybridized carbons (Fsp3) is 0.227. The molecule has 0 saturated carbocycles. The zero-order chi connectivity index (χ0) is 22.7.